The molecule has 2 aliphatic rings. The molecule has 1 atom stereocenters. The van der Waals surface area contributed by atoms with Gasteiger partial charge in [0.2, 0.25) is 0 Å². The van der Waals surface area contributed by atoms with Crippen LogP contribution >= 0.6 is 11.3 Å². The summed E-state index contributed by atoms with van der Waals surface area (Å²) in [5, 5.41) is 6.78. The van der Waals surface area contributed by atoms with Crippen molar-refractivity contribution in [1.82, 2.24) is 15.2 Å². The number of aromatic nitrogens is 1. The average Bonchev–Trinajstić information content (AvgIpc) is 3.01. The van der Waals surface area contributed by atoms with Gasteiger partial charge in [0.15, 0.2) is 0 Å². The first-order chi connectivity index (χ1) is 9.31. The molecule has 19 heavy (non-hydrogen) atoms. The Hall–Kier alpha value is -0.490. The van der Waals surface area contributed by atoms with Gasteiger partial charge in [-0.15, -0.1) is 11.3 Å². The molecule has 0 bridgehead atoms. The van der Waals surface area contributed by atoms with Crippen LogP contribution in [-0.2, 0) is 11.3 Å². The zero-order valence-corrected chi connectivity index (χ0v) is 12.4. The van der Waals surface area contributed by atoms with Gasteiger partial charge in [-0.2, -0.15) is 0 Å². The second-order valence-electron chi connectivity index (χ2n) is 5.89. The van der Waals surface area contributed by atoms with E-state index < -0.39 is 0 Å². The summed E-state index contributed by atoms with van der Waals surface area (Å²) in [5.41, 5.74) is 0.520. The Morgan fingerprint density at radius 2 is 2.37 bits per heavy atom. The van der Waals surface area contributed by atoms with Crippen molar-refractivity contribution >= 4 is 11.3 Å². The predicted octanol–water partition coefficient (Wildman–Crippen LogP) is 1.73. The summed E-state index contributed by atoms with van der Waals surface area (Å²) < 4.78 is 5.43. The second-order valence-corrected chi connectivity index (χ2v) is 6.87. The van der Waals surface area contributed by atoms with Crippen LogP contribution in [0.4, 0.5) is 0 Å². The van der Waals surface area contributed by atoms with E-state index in [-0.39, 0.29) is 0 Å². The van der Waals surface area contributed by atoms with Crippen LogP contribution in [0.1, 0.15) is 24.3 Å². The molecule has 2 fully saturated rings. The first-order valence-corrected chi connectivity index (χ1v) is 8.01. The normalized spacial score (nSPS) is 27.1. The molecular weight excluding hydrogens is 258 g/mol. The topological polar surface area (TPSA) is 37.4 Å². The zero-order valence-electron chi connectivity index (χ0n) is 11.6. The maximum atomic E-state index is 5.43. The van der Waals surface area contributed by atoms with Gasteiger partial charge in [0.25, 0.3) is 0 Å². The van der Waals surface area contributed by atoms with Crippen LogP contribution < -0.4 is 5.32 Å². The third-order valence-electron chi connectivity index (χ3n) is 4.57. The lowest BCUT2D eigenvalue weighted by molar-refractivity contribution is 0.111. The highest BCUT2D eigenvalue weighted by Crippen LogP contribution is 2.42. The minimum atomic E-state index is 0.520. The first kappa shape index (κ1) is 13.5. The molecule has 0 saturated carbocycles. The minimum Gasteiger partial charge on any atom is -0.383 e. The van der Waals surface area contributed by atoms with E-state index in [0.717, 1.165) is 13.2 Å². The fraction of sp³-hybridized carbons (Fsp3) is 0.786. The summed E-state index contributed by atoms with van der Waals surface area (Å²) >= 11 is 1.76. The van der Waals surface area contributed by atoms with E-state index >= 15 is 0 Å². The summed E-state index contributed by atoms with van der Waals surface area (Å²) in [7, 11) is 1.81. The second kappa shape index (κ2) is 5.87. The van der Waals surface area contributed by atoms with Crippen LogP contribution in [0, 0.1) is 5.41 Å². The van der Waals surface area contributed by atoms with Gasteiger partial charge in [-0.3, -0.25) is 4.90 Å². The number of likely N-dealkylation sites (tertiary alicyclic amines) is 1. The minimum absolute atomic E-state index is 0.520. The van der Waals surface area contributed by atoms with E-state index in [2.05, 4.69) is 20.6 Å². The van der Waals surface area contributed by atoms with Crippen LogP contribution in [-0.4, -0.2) is 49.3 Å². The number of nitrogens with zero attached hydrogens (tertiary/aromatic N) is 2. The van der Waals surface area contributed by atoms with Gasteiger partial charge in [-0.25, -0.2) is 4.98 Å². The lowest BCUT2D eigenvalue weighted by atomic mass is 9.77. The number of methoxy groups -OCH3 is 1. The van der Waals surface area contributed by atoms with E-state index in [1.165, 1.54) is 43.9 Å². The van der Waals surface area contributed by atoms with Crippen molar-refractivity contribution in [3.8, 4) is 0 Å². The smallest absolute Gasteiger partial charge is 0.107 e. The molecule has 2 aliphatic heterocycles. The van der Waals surface area contributed by atoms with Crippen molar-refractivity contribution < 1.29 is 4.74 Å². The summed E-state index contributed by atoms with van der Waals surface area (Å²) in [6.07, 6.45) is 5.80. The number of thiazole rings is 1. The summed E-state index contributed by atoms with van der Waals surface area (Å²) in [5.74, 6) is 0. The van der Waals surface area contributed by atoms with Gasteiger partial charge >= 0.3 is 0 Å². The Morgan fingerprint density at radius 3 is 3.05 bits per heavy atom. The molecule has 0 radical (unpaired) electrons. The Kier molecular flexibility index (Phi) is 4.17. The van der Waals surface area contributed by atoms with Gasteiger partial charge in [-0.1, -0.05) is 0 Å². The Balaban J connectivity index is 1.69. The van der Waals surface area contributed by atoms with Crippen LogP contribution in [0.3, 0.4) is 0 Å². The van der Waals surface area contributed by atoms with Crippen LogP contribution in [0.2, 0.25) is 0 Å². The van der Waals surface area contributed by atoms with Crippen molar-refractivity contribution in [2.45, 2.75) is 31.8 Å². The van der Waals surface area contributed by atoms with E-state index in [1.54, 1.807) is 11.3 Å². The first-order valence-electron chi connectivity index (χ1n) is 7.13. The van der Waals surface area contributed by atoms with Crippen LogP contribution in [0.25, 0.3) is 0 Å². The number of rotatable bonds is 4. The number of hydrogen-bond acceptors (Lipinski definition) is 5. The Labute approximate surface area is 119 Å². The summed E-state index contributed by atoms with van der Waals surface area (Å²) in [6.45, 7) is 5.39. The molecule has 1 aromatic rings. The fourth-order valence-electron chi connectivity index (χ4n) is 3.62. The highest BCUT2D eigenvalue weighted by molar-refractivity contribution is 7.09. The summed E-state index contributed by atoms with van der Waals surface area (Å²) in [4.78, 5) is 7.02. The van der Waals surface area contributed by atoms with Crippen molar-refractivity contribution in [2.24, 2.45) is 5.41 Å². The number of piperidine rings is 1. The lowest BCUT2D eigenvalue weighted by Gasteiger charge is -2.33. The van der Waals surface area contributed by atoms with E-state index in [9.17, 15) is 0 Å². The van der Waals surface area contributed by atoms with Gasteiger partial charge in [0.1, 0.15) is 5.01 Å². The van der Waals surface area contributed by atoms with Gasteiger partial charge < -0.3 is 10.1 Å². The van der Waals surface area contributed by atoms with Crippen molar-refractivity contribution in [2.75, 3.05) is 33.4 Å². The molecule has 2 saturated heterocycles. The maximum absolute atomic E-state index is 5.43. The molecule has 5 heteroatoms. The largest absolute Gasteiger partial charge is 0.383 e. The fourth-order valence-corrected chi connectivity index (χ4v) is 4.26. The monoisotopic (exact) mass is 281 g/mol. The molecule has 1 N–H and O–H groups in total. The SMILES string of the molecule is COCC1CC2(CCNCC2)CN1Cc1nccs1. The molecule has 4 nitrogen and oxygen atoms in total. The quantitative estimate of drug-likeness (QED) is 0.912. The van der Waals surface area contributed by atoms with Gasteiger partial charge in [0, 0.05) is 31.3 Å². The maximum Gasteiger partial charge on any atom is 0.107 e. The average molecular weight is 281 g/mol. The number of hydrogen-bond donors (Lipinski definition) is 1. The van der Waals surface area contributed by atoms with Gasteiger partial charge in [0.05, 0.1) is 13.2 Å². The third-order valence-corrected chi connectivity index (χ3v) is 5.33. The number of nitrogens with one attached hydrogen (secondary N) is 1. The van der Waals surface area contributed by atoms with Gasteiger partial charge in [-0.05, 0) is 37.8 Å². The van der Waals surface area contributed by atoms with Crippen LogP contribution in [0.5, 0.6) is 0 Å². The molecule has 1 unspecified atom stereocenters. The molecule has 106 valence electrons. The standard InChI is InChI=1S/C14H23N3OS/c1-18-10-12-8-14(2-4-15-5-3-14)11-17(12)9-13-16-6-7-19-13/h6-7,12,15H,2-5,8-11H2,1H3. The van der Waals surface area contributed by atoms with Crippen LogP contribution in [0.15, 0.2) is 11.6 Å². The molecule has 0 aliphatic carbocycles. The highest BCUT2D eigenvalue weighted by atomic mass is 32.1. The molecule has 1 aromatic heterocycles. The Bertz CT molecular complexity index is 389. The predicted molar refractivity (Wildman–Crippen MR) is 77.3 cm³/mol. The summed E-state index contributed by atoms with van der Waals surface area (Å²) in [6, 6.07) is 0.562. The zero-order chi connectivity index (χ0) is 13.1. The van der Waals surface area contributed by atoms with Crippen molar-refractivity contribution in [3.63, 3.8) is 0 Å². The molecule has 1 spiro atoms. The lowest BCUT2D eigenvalue weighted by Crippen LogP contribution is -2.38. The number of ether oxygens (including phenoxy) is 1. The van der Waals surface area contributed by atoms with E-state index in [4.69, 9.17) is 4.74 Å². The van der Waals surface area contributed by atoms with Crippen molar-refractivity contribution in [3.05, 3.63) is 16.6 Å². The molecule has 0 aromatic carbocycles. The molecular formula is C14H23N3OS. The third kappa shape index (κ3) is 2.99. The Morgan fingerprint density at radius 1 is 1.53 bits per heavy atom. The van der Waals surface area contributed by atoms with Crippen molar-refractivity contribution in [1.29, 1.82) is 0 Å². The van der Waals surface area contributed by atoms with E-state index in [0.29, 0.717) is 11.5 Å². The molecule has 0 amide bonds. The highest BCUT2D eigenvalue weighted by Gasteiger charge is 2.44. The van der Waals surface area contributed by atoms with E-state index in [1.807, 2.05) is 13.3 Å². The molecule has 3 rings (SSSR count). The molecule has 3 heterocycles.